The molecule has 0 radical (unpaired) electrons. The molecule has 2 rings (SSSR count). The number of hydrogen-bond acceptors (Lipinski definition) is 3. The van der Waals surface area contributed by atoms with E-state index in [0.717, 1.165) is 35.1 Å². The van der Waals surface area contributed by atoms with Gasteiger partial charge < -0.3 is 4.74 Å². The van der Waals surface area contributed by atoms with Gasteiger partial charge in [0.25, 0.3) is 0 Å². The summed E-state index contributed by atoms with van der Waals surface area (Å²) in [7, 11) is -1.84. The van der Waals surface area contributed by atoms with Crippen molar-refractivity contribution in [3.8, 4) is 0 Å². The van der Waals surface area contributed by atoms with Gasteiger partial charge in [-0.15, -0.1) is 0 Å². The quantitative estimate of drug-likeness (QED) is 0.859. The molecule has 1 unspecified atom stereocenters. The number of sulfonamides is 1. The molecule has 0 bridgehead atoms. The molecule has 21 heavy (non-hydrogen) atoms. The molecule has 1 aliphatic heterocycles. The van der Waals surface area contributed by atoms with E-state index in [0.29, 0.717) is 18.0 Å². The first-order valence-corrected chi connectivity index (χ1v) is 8.83. The second-order valence-electron chi connectivity index (χ2n) is 5.96. The fourth-order valence-electron chi connectivity index (χ4n) is 3.17. The molecule has 1 aromatic rings. The Morgan fingerprint density at radius 1 is 1.19 bits per heavy atom. The van der Waals surface area contributed by atoms with E-state index < -0.39 is 10.0 Å². The summed E-state index contributed by atoms with van der Waals surface area (Å²) in [4.78, 5) is 0.489. The molecule has 118 valence electrons. The van der Waals surface area contributed by atoms with Crippen LogP contribution in [-0.2, 0) is 14.8 Å². The van der Waals surface area contributed by atoms with E-state index in [1.165, 1.54) is 0 Å². The third-order valence-electron chi connectivity index (χ3n) is 4.55. The van der Waals surface area contributed by atoms with Crippen LogP contribution in [0.3, 0.4) is 0 Å². The predicted octanol–water partition coefficient (Wildman–Crippen LogP) is 2.72. The summed E-state index contributed by atoms with van der Waals surface area (Å²) >= 11 is 0. The van der Waals surface area contributed by atoms with Gasteiger partial charge >= 0.3 is 0 Å². The van der Waals surface area contributed by atoms with Gasteiger partial charge in [0.2, 0.25) is 10.0 Å². The lowest BCUT2D eigenvalue weighted by Gasteiger charge is -2.26. The van der Waals surface area contributed by atoms with Crippen molar-refractivity contribution in [2.75, 3.05) is 20.3 Å². The van der Waals surface area contributed by atoms with Gasteiger partial charge in [-0.05, 0) is 62.8 Å². The summed E-state index contributed by atoms with van der Waals surface area (Å²) in [6.45, 7) is 8.78. The highest BCUT2D eigenvalue weighted by molar-refractivity contribution is 7.89. The highest BCUT2D eigenvalue weighted by Crippen LogP contribution is 2.32. The van der Waals surface area contributed by atoms with Crippen molar-refractivity contribution in [1.82, 2.24) is 4.31 Å². The molecule has 0 saturated carbocycles. The maximum absolute atomic E-state index is 13.1. The molecule has 4 nitrogen and oxygen atoms in total. The highest BCUT2D eigenvalue weighted by Gasteiger charge is 2.37. The van der Waals surface area contributed by atoms with Crippen LogP contribution in [0.4, 0.5) is 0 Å². The van der Waals surface area contributed by atoms with E-state index in [1.54, 1.807) is 11.4 Å². The first kappa shape index (κ1) is 16.5. The van der Waals surface area contributed by atoms with Crippen LogP contribution in [0.15, 0.2) is 11.0 Å². The van der Waals surface area contributed by atoms with Crippen molar-refractivity contribution in [3.05, 3.63) is 28.3 Å². The standard InChI is InChI=1S/C16H25NO3S/c1-11-9-12(2)14(4)16(13(11)3)21(18,19)17-8-6-7-15(17)10-20-5/h9,15H,6-8,10H2,1-5H3. The van der Waals surface area contributed by atoms with E-state index >= 15 is 0 Å². The molecule has 1 fully saturated rings. The Hall–Kier alpha value is -0.910. The fourth-order valence-corrected chi connectivity index (χ4v) is 5.43. The summed E-state index contributed by atoms with van der Waals surface area (Å²) in [5.74, 6) is 0. The average Bonchev–Trinajstić information content (AvgIpc) is 2.86. The van der Waals surface area contributed by atoms with E-state index in [4.69, 9.17) is 4.74 Å². The van der Waals surface area contributed by atoms with Gasteiger partial charge in [0.05, 0.1) is 11.5 Å². The van der Waals surface area contributed by atoms with Crippen molar-refractivity contribution in [2.24, 2.45) is 0 Å². The SMILES string of the molecule is COCC1CCCN1S(=O)(=O)c1c(C)c(C)cc(C)c1C. The summed E-state index contributed by atoms with van der Waals surface area (Å²) < 4.78 is 33.1. The summed E-state index contributed by atoms with van der Waals surface area (Å²) in [5, 5.41) is 0. The van der Waals surface area contributed by atoms with E-state index in [-0.39, 0.29) is 6.04 Å². The molecule has 0 N–H and O–H groups in total. The molecule has 0 aliphatic carbocycles. The molecule has 0 spiro atoms. The zero-order chi connectivity index (χ0) is 15.8. The van der Waals surface area contributed by atoms with Crippen LogP contribution in [-0.4, -0.2) is 39.0 Å². The lowest BCUT2D eigenvalue weighted by Crippen LogP contribution is -2.38. The average molecular weight is 311 g/mol. The monoisotopic (exact) mass is 311 g/mol. The molecular weight excluding hydrogens is 286 g/mol. The summed E-state index contributed by atoms with van der Waals surface area (Å²) in [6.07, 6.45) is 1.77. The van der Waals surface area contributed by atoms with Gasteiger partial charge in [0.15, 0.2) is 0 Å². The Balaban J connectivity index is 2.55. The number of hydrogen-bond donors (Lipinski definition) is 0. The molecular formula is C16H25NO3S. The Morgan fingerprint density at radius 3 is 2.29 bits per heavy atom. The maximum Gasteiger partial charge on any atom is 0.243 e. The number of benzene rings is 1. The van der Waals surface area contributed by atoms with Crippen LogP contribution in [0, 0.1) is 27.7 Å². The predicted molar refractivity (Wildman–Crippen MR) is 84.2 cm³/mol. The van der Waals surface area contributed by atoms with Crippen molar-refractivity contribution in [2.45, 2.75) is 51.5 Å². The van der Waals surface area contributed by atoms with E-state index in [1.807, 2.05) is 27.7 Å². The number of methoxy groups -OCH3 is 1. The van der Waals surface area contributed by atoms with Gasteiger partial charge in [0.1, 0.15) is 0 Å². The molecule has 1 atom stereocenters. The van der Waals surface area contributed by atoms with Gasteiger partial charge in [-0.1, -0.05) is 6.07 Å². The van der Waals surface area contributed by atoms with Gasteiger partial charge in [0, 0.05) is 19.7 Å². The lowest BCUT2D eigenvalue weighted by atomic mass is 10.0. The Kier molecular flexibility index (Phi) is 4.76. The first-order valence-electron chi connectivity index (χ1n) is 7.39. The van der Waals surface area contributed by atoms with Crippen molar-refractivity contribution < 1.29 is 13.2 Å². The summed E-state index contributed by atoms with van der Waals surface area (Å²) in [5.41, 5.74) is 3.78. The fraction of sp³-hybridized carbons (Fsp3) is 0.625. The molecule has 1 saturated heterocycles. The van der Waals surface area contributed by atoms with Crippen LogP contribution < -0.4 is 0 Å². The smallest absolute Gasteiger partial charge is 0.243 e. The normalized spacial score (nSPS) is 20.1. The van der Waals surface area contributed by atoms with Crippen LogP contribution in [0.25, 0.3) is 0 Å². The molecule has 5 heteroatoms. The third-order valence-corrected chi connectivity index (χ3v) is 6.77. The first-order chi connectivity index (χ1) is 9.80. The second kappa shape index (κ2) is 6.07. The minimum absolute atomic E-state index is 0.0420. The molecule has 0 amide bonds. The Labute approximate surface area is 128 Å². The van der Waals surface area contributed by atoms with E-state index in [2.05, 4.69) is 6.07 Å². The maximum atomic E-state index is 13.1. The van der Waals surface area contributed by atoms with Crippen LogP contribution >= 0.6 is 0 Å². The molecule has 1 aromatic carbocycles. The highest BCUT2D eigenvalue weighted by atomic mass is 32.2. The Bertz CT molecular complexity index is 611. The van der Waals surface area contributed by atoms with Crippen LogP contribution in [0.1, 0.15) is 35.1 Å². The zero-order valence-electron chi connectivity index (χ0n) is 13.6. The van der Waals surface area contributed by atoms with Crippen molar-refractivity contribution in [1.29, 1.82) is 0 Å². The second-order valence-corrected chi connectivity index (χ2v) is 7.78. The molecule has 1 aliphatic rings. The van der Waals surface area contributed by atoms with Crippen molar-refractivity contribution >= 4 is 10.0 Å². The number of nitrogens with zero attached hydrogens (tertiary/aromatic N) is 1. The topological polar surface area (TPSA) is 46.6 Å². The van der Waals surface area contributed by atoms with Gasteiger partial charge in [-0.25, -0.2) is 8.42 Å². The minimum atomic E-state index is -3.46. The number of ether oxygens (including phenoxy) is 1. The number of aryl methyl sites for hydroxylation is 2. The number of rotatable bonds is 4. The zero-order valence-corrected chi connectivity index (χ0v) is 14.4. The van der Waals surface area contributed by atoms with Crippen LogP contribution in [0.2, 0.25) is 0 Å². The van der Waals surface area contributed by atoms with Crippen LogP contribution in [0.5, 0.6) is 0 Å². The lowest BCUT2D eigenvalue weighted by molar-refractivity contribution is 0.149. The summed E-state index contributed by atoms with van der Waals surface area (Å²) in [6, 6.07) is 2.01. The largest absolute Gasteiger partial charge is 0.383 e. The Morgan fingerprint density at radius 2 is 1.76 bits per heavy atom. The minimum Gasteiger partial charge on any atom is -0.383 e. The van der Waals surface area contributed by atoms with Gasteiger partial charge in [-0.2, -0.15) is 4.31 Å². The molecule has 0 aromatic heterocycles. The third kappa shape index (κ3) is 2.87. The molecule has 1 heterocycles. The van der Waals surface area contributed by atoms with Crippen molar-refractivity contribution in [3.63, 3.8) is 0 Å². The van der Waals surface area contributed by atoms with E-state index in [9.17, 15) is 8.42 Å². The van der Waals surface area contributed by atoms with Gasteiger partial charge in [-0.3, -0.25) is 0 Å².